The average molecular weight is 499 g/mol. The highest BCUT2D eigenvalue weighted by Gasteiger charge is 2.39. The van der Waals surface area contributed by atoms with Crippen LogP contribution in [-0.2, 0) is 23.2 Å². The number of piperazine rings is 1. The summed E-state index contributed by atoms with van der Waals surface area (Å²) in [6.45, 7) is 4.44. The highest BCUT2D eigenvalue weighted by molar-refractivity contribution is 6.05. The molecule has 0 radical (unpaired) electrons. The van der Waals surface area contributed by atoms with Gasteiger partial charge in [0.05, 0.1) is 17.7 Å². The van der Waals surface area contributed by atoms with Crippen LogP contribution in [0.4, 0.5) is 5.69 Å². The van der Waals surface area contributed by atoms with Crippen LogP contribution in [0.1, 0.15) is 28.8 Å². The number of piperidine rings is 1. The Balaban J connectivity index is 1.30. The molecule has 9 heteroatoms. The van der Waals surface area contributed by atoms with Crippen molar-refractivity contribution in [2.45, 2.75) is 25.4 Å². The van der Waals surface area contributed by atoms with E-state index < -0.39 is 11.9 Å². The predicted octanol–water partition coefficient (Wildman–Crippen LogP) is 2.27. The van der Waals surface area contributed by atoms with Crippen LogP contribution in [0.5, 0.6) is 0 Å². The van der Waals surface area contributed by atoms with Gasteiger partial charge in [-0.3, -0.25) is 19.7 Å². The molecule has 37 heavy (non-hydrogen) atoms. The second-order valence-electron chi connectivity index (χ2n) is 10.2. The standard InChI is InChI=1S/C28H30N6O3/c1-31-10-12-33(13-11-31)21-5-3-4-19(15-21)26-25(29-17-32(26)2)18-6-7-22-20(14-18)16-34(28(22)37)23-8-9-24(35)30-27(23)36/h3-7,14-15,17,23H,8-13,16H2,1-2H3,(H,30,35,36). The lowest BCUT2D eigenvalue weighted by molar-refractivity contribution is -0.136. The summed E-state index contributed by atoms with van der Waals surface area (Å²) in [4.78, 5) is 48.1. The van der Waals surface area contributed by atoms with Crippen molar-refractivity contribution in [1.29, 1.82) is 0 Å². The monoisotopic (exact) mass is 498 g/mol. The van der Waals surface area contributed by atoms with Gasteiger partial charge in [-0.2, -0.15) is 0 Å². The van der Waals surface area contributed by atoms with Crippen molar-refractivity contribution in [1.82, 2.24) is 24.7 Å². The number of benzene rings is 2. The molecule has 1 aromatic heterocycles. The zero-order chi connectivity index (χ0) is 25.7. The minimum atomic E-state index is -0.622. The summed E-state index contributed by atoms with van der Waals surface area (Å²) >= 11 is 0. The lowest BCUT2D eigenvalue weighted by Crippen LogP contribution is -2.52. The van der Waals surface area contributed by atoms with Gasteiger partial charge < -0.3 is 19.3 Å². The minimum Gasteiger partial charge on any atom is -0.369 e. The first kappa shape index (κ1) is 23.4. The molecule has 2 fully saturated rings. The number of imide groups is 1. The fraction of sp³-hybridized carbons (Fsp3) is 0.357. The number of anilines is 1. The Morgan fingerprint density at radius 1 is 0.946 bits per heavy atom. The number of nitrogens with one attached hydrogen (secondary N) is 1. The molecular formula is C28H30N6O3. The number of amides is 3. The number of hydrogen-bond donors (Lipinski definition) is 1. The Bertz CT molecular complexity index is 1400. The summed E-state index contributed by atoms with van der Waals surface area (Å²) in [7, 11) is 4.15. The molecule has 190 valence electrons. The third kappa shape index (κ3) is 4.19. The Hall–Kier alpha value is -3.98. The van der Waals surface area contributed by atoms with Gasteiger partial charge >= 0.3 is 0 Å². The predicted molar refractivity (Wildman–Crippen MR) is 140 cm³/mol. The van der Waals surface area contributed by atoms with E-state index in [0.29, 0.717) is 18.5 Å². The molecule has 1 unspecified atom stereocenters. The highest BCUT2D eigenvalue weighted by Crippen LogP contribution is 2.36. The fourth-order valence-corrected chi connectivity index (χ4v) is 5.62. The molecule has 3 amide bonds. The van der Waals surface area contributed by atoms with Crippen molar-refractivity contribution >= 4 is 23.4 Å². The Morgan fingerprint density at radius 2 is 1.76 bits per heavy atom. The van der Waals surface area contributed by atoms with Crippen molar-refractivity contribution in [2.75, 3.05) is 38.1 Å². The molecule has 3 aliphatic heterocycles. The lowest BCUT2D eigenvalue weighted by Gasteiger charge is -2.34. The van der Waals surface area contributed by atoms with Gasteiger partial charge in [-0.05, 0) is 43.3 Å². The van der Waals surface area contributed by atoms with E-state index in [1.54, 1.807) is 4.90 Å². The van der Waals surface area contributed by atoms with Crippen molar-refractivity contribution in [3.63, 3.8) is 0 Å². The number of nitrogens with zero attached hydrogens (tertiary/aromatic N) is 5. The Morgan fingerprint density at radius 3 is 2.54 bits per heavy atom. The highest BCUT2D eigenvalue weighted by atomic mass is 16.2. The third-order valence-corrected chi connectivity index (χ3v) is 7.72. The summed E-state index contributed by atoms with van der Waals surface area (Å²) in [5.41, 5.74) is 6.57. The van der Waals surface area contributed by atoms with E-state index in [4.69, 9.17) is 4.98 Å². The molecule has 0 bridgehead atoms. The minimum absolute atomic E-state index is 0.169. The van der Waals surface area contributed by atoms with E-state index in [-0.39, 0.29) is 18.2 Å². The van der Waals surface area contributed by atoms with Gasteiger partial charge in [-0.25, -0.2) is 4.98 Å². The van der Waals surface area contributed by atoms with E-state index in [2.05, 4.69) is 46.4 Å². The van der Waals surface area contributed by atoms with Crippen LogP contribution >= 0.6 is 0 Å². The normalized spacial score (nSPS) is 20.4. The van der Waals surface area contributed by atoms with Gasteiger partial charge in [-0.15, -0.1) is 0 Å². The molecule has 3 aliphatic rings. The number of fused-ring (bicyclic) bond motifs is 1. The Labute approximate surface area is 215 Å². The number of aryl methyl sites for hydroxylation is 1. The number of imidazole rings is 1. The van der Waals surface area contributed by atoms with Crippen LogP contribution < -0.4 is 10.2 Å². The quantitative estimate of drug-likeness (QED) is 0.555. The number of carbonyl (C=O) groups excluding carboxylic acids is 3. The van der Waals surface area contributed by atoms with Gasteiger partial charge in [-0.1, -0.05) is 18.2 Å². The molecule has 0 saturated carbocycles. The Kier molecular flexibility index (Phi) is 5.79. The largest absolute Gasteiger partial charge is 0.369 e. The van der Waals surface area contributed by atoms with Crippen molar-refractivity contribution in [3.8, 4) is 22.5 Å². The number of hydrogen-bond acceptors (Lipinski definition) is 6. The van der Waals surface area contributed by atoms with E-state index in [9.17, 15) is 14.4 Å². The first-order valence-corrected chi connectivity index (χ1v) is 12.7. The number of aromatic nitrogens is 2. The molecule has 9 nitrogen and oxygen atoms in total. The second-order valence-corrected chi connectivity index (χ2v) is 10.2. The lowest BCUT2D eigenvalue weighted by atomic mass is 10.00. The third-order valence-electron chi connectivity index (χ3n) is 7.72. The second kappa shape index (κ2) is 9.15. The average Bonchev–Trinajstić information content (AvgIpc) is 3.44. The maximum atomic E-state index is 13.1. The zero-order valence-corrected chi connectivity index (χ0v) is 21.1. The molecule has 3 aromatic rings. The van der Waals surface area contributed by atoms with E-state index >= 15 is 0 Å². The summed E-state index contributed by atoms with van der Waals surface area (Å²) in [6.07, 6.45) is 2.42. The van der Waals surface area contributed by atoms with Crippen LogP contribution in [0.3, 0.4) is 0 Å². The summed E-state index contributed by atoms with van der Waals surface area (Å²) in [6, 6.07) is 13.8. The summed E-state index contributed by atoms with van der Waals surface area (Å²) in [5, 5.41) is 2.36. The first-order chi connectivity index (χ1) is 17.9. The SMILES string of the molecule is CN1CCN(c2cccc(-c3c(-c4ccc5c(c4)CN(C4CCC(=O)NC4=O)C5=O)ncn3C)c2)CC1. The smallest absolute Gasteiger partial charge is 0.255 e. The number of likely N-dealkylation sites (N-methyl/N-ethyl adjacent to an activating group) is 1. The van der Waals surface area contributed by atoms with Crippen LogP contribution in [0.15, 0.2) is 48.8 Å². The van der Waals surface area contributed by atoms with Gasteiger partial charge in [0.25, 0.3) is 5.91 Å². The molecule has 6 rings (SSSR count). The summed E-state index contributed by atoms with van der Waals surface area (Å²) in [5.74, 6) is -0.853. The fourth-order valence-electron chi connectivity index (χ4n) is 5.62. The molecule has 0 aliphatic carbocycles. The van der Waals surface area contributed by atoms with Gasteiger partial charge in [0.2, 0.25) is 11.8 Å². The van der Waals surface area contributed by atoms with Crippen molar-refractivity contribution in [2.24, 2.45) is 7.05 Å². The topological polar surface area (TPSA) is 90.8 Å². The molecular weight excluding hydrogens is 468 g/mol. The number of rotatable bonds is 4. The molecule has 1 N–H and O–H groups in total. The maximum Gasteiger partial charge on any atom is 0.255 e. The van der Waals surface area contributed by atoms with Crippen LogP contribution in [-0.4, -0.2) is 76.3 Å². The van der Waals surface area contributed by atoms with Crippen LogP contribution in [0.25, 0.3) is 22.5 Å². The maximum absolute atomic E-state index is 13.1. The molecule has 2 saturated heterocycles. The van der Waals surface area contributed by atoms with E-state index in [1.807, 2.05) is 36.1 Å². The van der Waals surface area contributed by atoms with Crippen LogP contribution in [0, 0.1) is 0 Å². The molecule has 1 atom stereocenters. The van der Waals surface area contributed by atoms with E-state index in [0.717, 1.165) is 54.3 Å². The van der Waals surface area contributed by atoms with Crippen LogP contribution in [0.2, 0.25) is 0 Å². The zero-order valence-electron chi connectivity index (χ0n) is 21.1. The molecule has 0 spiro atoms. The van der Waals surface area contributed by atoms with Gasteiger partial charge in [0.1, 0.15) is 6.04 Å². The summed E-state index contributed by atoms with van der Waals surface area (Å²) < 4.78 is 2.03. The molecule has 4 heterocycles. The number of carbonyl (C=O) groups is 3. The van der Waals surface area contributed by atoms with Gasteiger partial charge in [0, 0.05) is 68.6 Å². The van der Waals surface area contributed by atoms with E-state index in [1.165, 1.54) is 5.69 Å². The van der Waals surface area contributed by atoms with Crippen molar-refractivity contribution < 1.29 is 14.4 Å². The van der Waals surface area contributed by atoms with Gasteiger partial charge in [0.15, 0.2) is 0 Å². The van der Waals surface area contributed by atoms with Crippen molar-refractivity contribution in [3.05, 3.63) is 59.9 Å². The first-order valence-electron chi connectivity index (χ1n) is 12.7. The molecule has 2 aromatic carbocycles.